The van der Waals surface area contributed by atoms with Crippen molar-refractivity contribution in [1.82, 2.24) is 14.6 Å². The van der Waals surface area contributed by atoms with Crippen molar-refractivity contribution in [1.29, 1.82) is 0 Å². The number of aromatic carboxylic acids is 1. The Bertz CT molecular complexity index is 2360. The molecule has 2 aromatic heterocycles. The maximum absolute atomic E-state index is 14.4. The highest BCUT2D eigenvalue weighted by molar-refractivity contribution is 6.39. The number of nitrogens with one attached hydrogen (secondary N) is 2. The van der Waals surface area contributed by atoms with E-state index in [2.05, 4.69) is 10.4 Å². The first-order valence-electron chi connectivity index (χ1n) is 14.8. The highest BCUT2D eigenvalue weighted by Gasteiger charge is 2.47. The van der Waals surface area contributed by atoms with Gasteiger partial charge in [-0.1, -0.05) is 24.3 Å². The molecule has 4 aromatic carbocycles. The maximum atomic E-state index is 14.4. The number of hydrogen-bond donors (Lipinski definition) is 9. The predicted molar refractivity (Wildman–Crippen MR) is 169 cm³/mol. The summed E-state index contributed by atoms with van der Waals surface area (Å²) in [5.74, 6) is -3.20. The van der Waals surface area contributed by atoms with Crippen molar-refractivity contribution in [2.24, 2.45) is 0 Å². The molecule has 0 radical (unpaired) electrons. The number of nitrogens with zero attached hydrogens (tertiary/aromatic N) is 2. The number of carboxylic acids is 1. The molecule has 1 saturated heterocycles. The van der Waals surface area contributed by atoms with Crippen LogP contribution in [0.4, 0.5) is 5.69 Å². The van der Waals surface area contributed by atoms with Crippen LogP contribution in [0.2, 0.25) is 0 Å². The number of para-hydroxylation sites is 2. The van der Waals surface area contributed by atoms with Crippen LogP contribution in [0, 0.1) is 0 Å². The van der Waals surface area contributed by atoms with Gasteiger partial charge in [-0.25, -0.2) is 4.79 Å². The highest BCUT2D eigenvalue weighted by Crippen LogP contribution is 2.49. The number of hydrazine groups is 1. The van der Waals surface area contributed by atoms with Gasteiger partial charge in [-0.05, 0) is 36.4 Å². The minimum absolute atomic E-state index is 0.00857. The molecule has 5 unspecified atom stereocenters. The lowest BCUT2D eigenvalue weighted by Crippen LogP contribution is -2.56. The molecule has 244 valence electrons. The maximum Gasteiger partial charge on any atom is 0.335 e. The summed E-state index contributed by atoms with van der Waals surface area (Å²) < 4.78 is 7.29. The van der Waals surface area contributed by atoms with E-state index in [1.165, 1.54) is 47.0 Å². The zero-order valence-electron chi connectivity index (χ0n) is 24.5. The fraction of sp³-hybridized carbons (Fsp3) is 0.182. The third kappa shape index (κ3) is 3.90. The lowest BCUT2D eigenvalue weighted by molar-refractivity contribution is -0.249. The summed E-state index contributed by atoms with van der Waals surface area (Å²) in [7, 11) is 0. The van der Waals surface area contributed by atoms with Crippen LogP contribution in [-0.4, -0.2) is 99.1 Å². The van der Waals surface area contributed by atoms with Gasteiger partial charge in [0, 0.05) is 21.5 Å². The van der Waals surface area contributed by atoms with Crippen molar-refractivity contribution in [2.45, 2.75) is 30.6 Å². The predicted octanol–water partition coefficient (Wildman–Crippen LogP) is 2.13. The topological polar surface area (TPSA) is 238 Å². The first-order chi connectivity index (χ1) is 23.0. The molecule has 15 nitrogen and oxygen atoms in total. The van der Waals surface area contributed by atoms with Crippen LogP contribution in [0.5, 0.6) is 11.5 Å². The van der Waals surface area contributed by atoms with E-state index in [0.29, 0.717) is 5.39 Å². The molecule has 9 N–H and O–H groups in total. The van der Waals surface area contributed by atoms with Crippen LogP contribution in [-0.2, 0) is 4.74 Å². The first-order valence-corrected chi connectivity index (χ1v) is 14.8. The van der Waals surface area contributed by atoms with E-state index in [1.807, 2.05) is 0 Å². The van der Waals surface area contributed by atoms with Crippen LogP contribution in [0.25, 0.3) is 43.6 Å². The molecule has 8 rings (SSSR count). The highest BCUT2D eigenvalue weighted by atomic mass is 16.6. The number of aromatic hydroxyl groups is 2. The molecular weight excluding hydrogens is 628 g/mol. The molecule has 4 heterocycles. The Hall–Kier alpha value is -5.71. The quantitative estimate of drug-likeness (QED) is 0.122. The fourth-order valence-corrected chi connectivity index (χ4v) is 6.95. The van der Waals surface area contributed by atoms with Crippen LogP contribution in [0.1, 0.15) is 37.3 Å². The second-order valence-corrected chi connectivity index (χ2v) is 11.8. The van der Waals surface area contributed by atoms with Gasteiger partial charge < -0.3 is 50.0 Å². The number of aromatic nitrogens is 2. The lowest BCUT2D eigenvalue weighted by Gasteiger charge is -2.41. The number of ether oxygens (including phenoxy) is 1. The number of imide groups is 1. The van der Waals surface area contributed by atoms with Crippen LogP contribution < -0.4 is 5.43 Å². The van der Waals surface area contributed by atoms with E-state index in [0.717, 1.165) is 5.01 Å². The number of rotatable bonds is 5. The SMILES string of the molecule is O=C(O)c1ccc(NN2C(=O)c3c(c4c5cccc(O)c5n(C5OC(CO)C(O)C(O)C5O)c4c4[nH]c5c(O)cccc5c34)C2=O)cc1. The summed E-state index contributed by atoms with van der Waals surface area (Å²) in [5.41, 5.74) is 3.49. The van der Waals surface area contributed by atoms with E-state index in [1.54, 1.807) is 18.2 Å². The molecule has 0 spiro atoms. The summed E-state index contributed by atoms with van der Waals surface area (Å²) in [6.07, 6.45) is -8.12. The number of hydrogen-bond acceptors (Lipinski definition) is 11. The van der Waals surface area contributed by atoms with Gasteiger partial charge in [0.15, 0.2) is 6.23 Å². The Balaban J connectivity index is 1.47. The second kappa shape index (κ2) is 10.4. The minimum atomic E-state index is -1.80. The van der Waals surface area contributed by atoms with Gasteiger partial charge >= 0.3 is 5.97 Å². The smallest absolute Gasteiger partial charge is 0.335 e. The Morgan fingerprint density at radius 1 is 0.792 bits per heavy atom. The molecular formula is C33H26N4O11. The van der Waals surface area contributed by atoms with Crippen molar-refractivity contribution < 1.29 is 54.9 Å². The number of carbonyl (C=O) groups is 3. The Kier molecular flexibility index (Phi) is 6.43. The minimum Gasteiger partial charge on any atom is -0.506 e. The summed E-state index contributed by atoms with van der Waals surface area (Å²) in [6, 6.07) is 14.5. The Morgan fingerprint density at radius 2 is 1.44 bits per heavy atom. The van der Waals surface area contributed by atoms with E-state index in [9.17, 15) is 50.1 Å². The van der Waals surface area contributed by atoms with Crippen molar-refractivity contribution in [3.63, 3.8) is 0 Å². The average molecular weight is 655 g/mol. The fourth-order valence-electron chi connectivity index (χ4n) is 6.95. The number of carbonyl (C=O) groups excluding carboxylic acids is 2. The van der Waals surface area contributed by atoms with Gasteiger partial charge in [0.2, 0.25) is 0 Å². The van der Waals surface area contributed by atoms with Gasteiger partial charge in [-0.2, -0.15) is 5.01 Å². The monoisotopic (exact) mass is 654 g/mol. The number of aromatic amines is 1. The molecule has 5 atom stereocenters. The molecule has 0 aliphatic carbocycles. The molecule has 2 aliphatic rings. The van der Waals surface area contributed by atoms with Crippen LogP contribution in [0.15, 0.2) is 60.7 Å². The third-order valence-corrected chi connectivity index (χ3v) is 9.13. The molecule has 0 bridgehead atoms. The number of aliphatic hydroxyl groups is 4. The summed E-state index contributed by atoms with van der Waals surface area (Å²) in [4.78, 5) is 43.1. The molecule has 2 aliphatic heterocycles. The zero-order valence-corrected chi connectivity index (χ0v) is 24.5. The molecule has 6 aromatic rings. The normalized spacial score (nSPS) is 22.8. The summed E-state index contributed by atoms with van der Waals surface area (Å²) in [5, 5.41) is 75.7. The number of phenols is 2. The number of phenolic OH excluding ortho intramolecular Hbond substituents is 2. The van der Waals surface area contributed by atoms with Crippen molar-refractivity contribution in [3.05, 3.63) is 77.4 Å². The lowest BCUT2D eigenvalue weighted by atomic mass is 9.96. The summed E-state index contributed by atoms with van der Waals surface area (Å²) in [6.45, 7) is -0.726. The molecule has 2 amide bonds. The molecule has 48 heavy (non-hydrogen) atoms. The van der Waals surface area contributed by atoms with Crippen LogP contribution >= 0.6 is 0 Å². The molecule has 0 saturated carbocycles. The Morgan fingerprint density at radius 3 is 2.10 bits per heavy atom. The summed E-state index contributed by atoms with van der Waals surface area (Å²) >= 11 is 0. The van der Waals surface area contributed by atoms with Gasteiger partial charge in [0.05, 0.1) is 51.1 Å². The number of anilines is 1. The molecule has 15 heteroatoms. The van der Waals surface area contributed by atoms with Gasteiger partial charge in [0.25, 0.3) is 11.8 Å². The van der Waals surface area contributed by atoms with Crippen LogP contribution in [0.3, 0.4) is 0 Å². The number of carboxylic acid groups (broad SMARTS) is 1. The van der Waals surface area contributed by atoms with Crippen molar-refractivity contribution in [3.8, 4) is 11.5 Å². The van der Waals surface area contributed by atoms with E-state index in [-0.39, 0.29) is 72.1 Å². The third-order valence-electron chi connectivity index (χ3n) is 9.13. The van der Waals surface area contributed by atoms with E-state index >= 15 is 0 Å². The van der Waals surface area contributed by atoms with Crippen molar-refractivity contribution >= 4 is 67.1 Å². The number of benzene rings is 4. The number of amides is 2. The number of fused-ring (bicyclic) bond motifs is 10. The van der Waals surface area contributed by atoms with E-state index in [4.69, 9.17) is 4.74 Å². The van der Waals surface area contributed by atoms with Gasteiger partial charge in [0.1, 0.15) is 35.9 Å². The first kappa shape index (κ1) is 29.7. The number of aliphatic hydroxyl groups excluding tert-OH is 4. The van der Waals surface area contributed by atoms with Gasteiger partial charge in [-0.15, -0.1) is 0 Å². The number of H-pyrrole nitrogens is 1. The Labute approximate surface area is 268 Å². The molecule has 1 fully saturated rings. The standard InChI is InChI=1S/C33H26N4O11/c38-11-18-27(41)28(42)29(43)32(48-18)36-25-15(4-2-6-17(25)40)20-22-21(19-14-3-1-5-16(39)23(14)34-24(19)26(20)36)30(44)37(31(22)45)35-13-9-7-12(8-10-13)33(46)47/h1-10,18,27-29,32,34-35,38-43H,11H2,(H,46,47). The average Bonchev–Trinajstić information content (AvgIpc) is 3.70. The van der Waals surface area contributed by atoms with E-state index < -0.39 is 55.0 Å². The second-order valence-electron chi connectivity index (χ2n) is 11.8. The van der Waals surface area contributed by atoms with Gasteiger partial charge in [-0.3, -0.25) is 15.0 Å². The van der Waals surface area contributed by atoms with Crippen molar-refractivity contribution in [2.75, 3.05) is 12.0 Å². The zero-order chi connectivity index (χ0) is 33.8. The largest absolute Gasteiger partial charge is 0.506 e.